The van der Waals surface area contributed by atoms with E-state index in [4.69, 9.17) is 0 Å². The zero-order valence-electron chi connectivity index (χ0n) is 11.6. The van der Waals surface area contributed by atoms with E-state index in [0.717, 1.165) is 12.8 Å². The third kappa shape index (κ3) is 3.45. The monoisotopic (exact) mass is 283 g/mol. The molecule has 1 aliphatic carbocycles. The van der Waals surface area contributed by atoms with Gasteiger partial charge in [-0.2, -0.15) is 0 Å². The Balaban J connectivity index is 2.21. The summed E-state index contributed by atoms with van der Waals surface area (Å²) in [5.74, 6) is 1.02. The number of sulfonamides is 1. The standard InChI is InChI=1S/C13H21N3O2S/c1-4-14-12-9-11(7-8-15-12)19(17,18)16-13(2,3)10-5-6-10/h7-10,16H,4-6H2,1-3H3,(H,14,15). The predicted octanol–water partition coefficient (Wildman–Crippen LogP) is 1.98. The second kappa shape index (κ2) is 5.09. The van der Waals surface area contributed by atoms with Crippen LogP contribution in [0, 0.1) is 5.92 Å². The third-order valence-corrected chi connectivity index (χ3v) is 5.06. The van der Waals surface area contributed by atoms with Crippen LogP contribution in [0.1, 0.15) is 33.6 Å². The highest BCUT2D eigenvalue weighted by atomic mass is 32.2. The van der Waals surface area contributed by atoms with Gasteiger partial charge in [0, 0.05) is 24.3 Å². The van der Waals surface area contributed by atoms with Gasteiger partial charge in [0.2, 0.25) is 10.0 Å². The molecule has 0 radical (unpaired) electrons. The van der Waals surface area contributed by atoms with E-state index in [1.807, 2.05) is 20.8 Å². The molecule has 1 fully saturated rings. The zero-order chi connectivity index (χ0) is 14.1. The van der Waals surface area contributed by atoms with Crippen LogP contribution in [0.5, 0.6) is 0 Å². The topological polar surface area (TPSA) is 71.1 Å². The average Bonchev–Trinajstić information content (AvgIpc) is 3.12. The summed E-state index contributed by atoms with van der Waals surface area (Å²) >= 11 is 0. The van der Waals surface area contributed by atoms with E-state index in [2.05, 4.69) is 15.0 Å². The molecular formula is C13H21N3O2S. The third-order valence-electron chi connectivity index (χ3n) is 3.39. The van der Waals surface area contributed by atoms with Gasteiger partial charge in [-0.3, -0.25) is 0 Å². The van der Waals surface area contributed by atoms with Crippen LogP contribution in [-0.4, -0.2) is 25.5 Å². The summed E-state index contributed by atoms with van der Waals surface area (Å²) in [5, 5.41) is 3.01. The molecule has 0 aromatic carbocycles. The average molecular weight is 283 g/mol. The fraction of sp³-hybridized carbons (Fsp3) is 0.615. The number of nitrogens with one attached hydrogen (secondary N) is 2. The van der Waals surface area contributed by atoms with Gasteiger partial charge in [-0.25, -0.2) is 18.1 Å². The molecule has 1 aromatic heterocycles. The highest BCUT2D eigenvalue weighted by Gasteiger charge is 2.40. The van der Waals surface area contributed by atoms with E-state index in [-0.39, 0.29) is 10.4 Å². The normalized spacial score (nSPS) is 16.4. The van der Waals surface area contributed by atoms with Crippen molar-refractivity contribution in [2.24, 2.45) is 5.92 Å². The van der Waals surface area contributed by atoms with Crippen molar-refractivity contribution in [2.45, 2.75) is 44.0 Å². The summed E-state index contributed by atoms with van der Waals surface area (Å²) in [6.07, 6.45) is 3.69. The Kier molecular flexibility index (Phi) is 3.82. The second-order valence-corrected chi connectivity index (χ2v) is 7.19. The van der Waals surface area contributed by atoms with E-state index in [1.54, 1.807) is 6.07 Å². The Hall–Kier alpha value is -1.14. The van der Waals surface area contributed by atoms with E-state index in [1.165, 1.54) is 12.3 Å². The van der Waals surface area contributed by atoms with Gasteiger partial charge in [-0.1, -0.05) is 0 Å². The molecule has 0 aliphatic heterocycles. The van der Waals surface area contributed by atoms with Gasteiger partial charge in [0.1, 0.15) is 5.82 Å². The first-order valence-electron chi connectivity index (χ1n) is 6.59. The molecule has 5 nitrogen and oxygen atoms in total. The van der Waals surface area contributed by atoms with Crippen molar-refractivity contribution < 1.29 is 8.42 Å². The van der Waals surface area contributed by atoms with Gasteiger partial charge < -0.3 is 5.32 Å². The second-order valence-electron chi connectivity index (χ2n) is 5.51. The van der Waals surface area contributed by atoms with Crippen molar-refractivity contribution in [3.05, 3.63) is 18.3 Å². The Morgan fingerprint density at radius 1 is 1.42 bits per heavy atom. The molecule has 0 saturated heterocycles. The summed E-state index contributed by atoms with van der Waals surface area (Å²) in [5.41, 5.74) is -0.388. The fourth-order valence-corrected chi connectivity index (χ4v) is 3.63. The van der Waals surface area contributed by atoms with Gasteiger partial charge in [0.05, 0.1) is 4.90 Å². The number of aromatic nitrogens is 1. The number of rotatable bonds is 6. The van der Waals surface area contributed by atoms with Crippen LogP contribution in [0.15, 0.2) is 23.2 Å². The van der Waals surface area contributed by atoms with Crippen molar-refractivity contribution >= 4 is 15.8 Å². The van der Waals surface area contributed by atoms with Crippen molar-refractivity contribution in [2.75, 3.05) is 11.9 Å². The van der Waals surface area contributed by atoms with Gasteiger partial charge in [-0.15, -0.1) is 0 Å². The lowest BCUT2D eigenvalue weighted by Gasteiger charge is -2.25. The van der Waals surface area contributed by atoms with Gasteiger partial charge >= 0.3 is 0 Å². The van der Waals surface area contributed by atoms with Crippen LogP contribution in [0.25, 0.3) is 0 Å². The quantitative estimate of drug-likeness (QED) is 0.837. The molecule has 0 unspecified atom stereocenters. The molecule has 0 spiro atoms. The van der Waals surface area contributed by atoms with Gasteiger partial charge in [0.25, 0.3) is 0 Å². The zero-order valence-corrected chi connectivity index (χ0v) is 12.4. The lowest BCUT2D eigenvalue weighted by molar-refractivity contribution is 0.400. The molecular weight excluding hydrogens is 262 g/mol. The van der Waals surface area contributed by atoms with Crippen LogP contribution in [-0.2, 0) is 10.0 Å². The van der Waals surface area contributed by atoms with E-state index in [9.17, 15) is 8.42 Å². The van der Waals surface area contributed by atoms with Crippen LogP contribution in [0.2, 0.25) is 0 Å². The molecule has 0 atom stereocenters. The molecule has 2 rings (SSSR count). The minimum atomic E-state index is -3.49. The van der Waals surface area contributed by atoms with Gasteiger partial charge in [0.15, 0.2) is 0 Å². The molecule has 2 N–H and O–H groups in total. The number of pyridine rings is 1. The molecule has 1 saturated carbocycles. The van der Waals surface area contributed by atoms with Crippen molar-refractivity contribution in [3.63, 3.8) is 0 Å². The molecule has 1 aromatic rings. The van der Waals surface area contributed by atoms with Crippen molar-refractivity contribution in [1.29, 1.82) is 0 Å². The highest BCUT2D eigenvalue weighted by Crippen LogP contribution is 2.39. The summed E-state index contributed by atoms with van der Waals surface area (Å²) in [7, 11) is -3.49. The van der Waals surface area contributed by atoms with Crippen LogP contribution >= 0.6 is 0 Å². The molecule has 0 amide bonds. The maximum atomic E-state index is 12.4. The Morgan fingerprint density at radius 3 is 2.68 bits per heavy atom. The number of hydrogen-bond donors (Lipinski definition) is 2. The number of anilines is 1. The minimum absolute atomic E-state index is 0.257. The molecule has 0 bridgehead atoms. The Bertz CT molecular complexity index is 551. The molecule has 106 valence electrons. The summed E-state index contributed by atoms with van der Waals surface area (Å²) < 4.78 is 27.5. The minimum Gasteiger partial charge on any atom is -0.370 e. The number of hydrogen-bond acceptors (Lipinski definition) is 4. The molecule has 1 aliphatic rings. The van der Waals surface area contributed by atoms with Crippen LogP contribution in [0.4, 0.5) is 5.82 Å². The first-order valence-corrected chi connectivity index (χ1v) is 8.07. The van der Waals surface area contributed by atoms with Crippen LogP contribution in [0.3, 0.4) is 0 Å². The van der Waals surface area contributed by atoms with E-state index < -0.39 is 10.0 Å². The van der Waals surface area contributed by atoms with E-state index >= 15 is 0 Å². The Morgan fingerprint density at radius 2 is 2.11 bits per heavy atom. The number of nitrogens with zero attached hydrogens (tertiary/aromatic N) is 1. The Labute approximate surface area is 114 Å². The fourth-order valence-electron chi connectivity index (χ4n) is 2.15. The SMILES string of the molecule is CCNc1cc(S(=O)(=O)NC(C)(C)C2CC2)ccn1. The lowest BCUT2D eigenvalue weighted by atomic mass is 10.0. The predicted molar refractivity (Wildman–Crippen MR) is 75.5 cm³/mol. The maximum absolute atomic E-state index is 12.4. The summed E-state index contributed by atoms with van der Waals surface area (Å²) in [4.78, 5) is 4.34. The first-order chi connectivity index (χ1) is 8.85. The van der Waals surface area contributed by atoms with Crippen molar-refractivity contribution in [1.82, 2.24) is 9.71 Å². The molecule has 19 heavy (non-hydrogen) atoms. The summed E-state index contributed by atoms with van der Waals surface area (Å²) in [6, 6.07) is 3.08. The highest BCUT2D eigenvalue weighted by molar-refractivity contribution is 7.89. The largest absolute Gasteiger partial charge is 0.370 e. The molecule has 1 heterocycles. The van der Waals surface area contributed by atoms with Gasteiger partial charge in [-0.05, 0) is 45.6 Å². The summed E-state index contributed by atoms with van der Waals surface area (Å²) in [6.45, 7) is 6.53. The smallest absolute Gasteiger partial charge is 0.241 e. The first kappa shape index (κ1) is 14.3. The maximum Gasteiger partial charge on any atom is 0.241 e. The van der Waals surface area contributed by atoms with E-state index in [0.29, 0.717) is 18.3 Å². The van der Waals surface area contributed by atoms with Crippen LogP contribution < -0.4 is 10.0 Å². The molecule has 6 heteroatoms. The lowest BCUT2D eigenvalue weighted by Crippen LogP contribution is -2.45. The van der Waals surface area contributed by atoms with Crippen molar-refractivity contribution in [3.8, 4) is 0 Å².